The molecule has 46 heavy (non-hydrogen) atoms. The molecule has 3 heteroatoms. The third-order valence-electron chi connectivity index (χ3n) is 14.9. The summed E-state index contributed by atoms with van der Waals surface area (Å²) in [5, 5.41) is 0. The van der Waals surface area contributed by atoms with Gasteiger partial charge in [-0.1, -0.05) is 126 Å². The second-order valence-corrected chi connectivity index (χ2v) is 19.6. The standard InChI is InChI=1S/C43H59IO2/c45-44(46)43-28-37-21-23-39(43)32-19-17-31(18-20-32)33-12-6-10-29-8-4-5-9-30-16-22-40-38-15-3-1-2-11-35(26-33)41(25-29)34(24-30)13-7-14-36(38)27-42(37)40/h17-21,23,28-30,33-36,38,40-42H,1-16,22,24-27H2. The van der Waals surface area contributed by atoms with Crippen LogP contribution in [-0.2, 0) is 6.14 Å². The van der Waals surface area contributed by atoms with Crippen LogP contribution in [-0.4, -0.2) is 0 Å². The zero-order valence-corrected chi connectivity index (χ0v) is 30.5. The van der Waals surface area contributed by atoms with E-state index in [1.165, 1.54) is 146 Å². The van der Waals surface area contributed by atoms with Crippen molar-refractivity contribution >= 4 is 19.8 Å². The molecule has 15 rings (SSSR count). The fourth-order valence-electron chi connectivity index (χ4n) is 12.7. The predicted molar refractivity (Wildman–Crippen MR) is 196 cm³/mol. The Labute approximate surface area is 286 Å². The molecule has 0 amide bonds. The van der Waals surface area contributed by atoms with E-state index in [4.69, 9.17) is 0 Å². The van der Waals surface area contributed by atoms with Crippen LogP contribution in [0.5, 0.6) is 0 Å². The molecule has 10 unspecified atom stereocenters. The van der Waals surface area contributed by atoms with Crippen LogP contribution in [0.2, 0.25) is 0 Å². The first-order chi connectivity index (χ1) is 22.6. The summed E-state index contributed by atoms with van der Waals surface area (Å²) in [7, 11) is 0. The van der Waals surface area contributed by atoms with Gasteiger partial charge in [0.15, 0.2) is 0 Å². The van der Waals surface area contributed by atoms with E-state index in [1.807, 2.05) is 0 Å². The van der Waals surface area contributed by atoms with Gasteiger partial charge < -0.3 is 0 Å². The number of halogens is 1. The van der Waals surface area contributed by atoms with Gasteiger partial charge in [-0.3, -0.25) is 0 Å². The summed E-state index contributed by atoms with van der Waals surface area (Å²) >= 11 is -3.68. The second kappa shape index (κ2) is 14.3. The summed E-state index contributed by atoms with van der Waals surface area (Å²) in [6.45, 7) is 0. The third-order valence-corrected chi connectivity index (χ3v) is 16.7. The Morgan fingerprint density at radius 3 is 1.96 bits per heavy atom. The normalized spacial score (nSPS) is 38.3. The van der Waals surface area contributed by atoms with Gasteiger partial charge in [0, 0.05) is 5.56 Å². The van der Waals surface area contributed by atoms with Crippen LogP contribution < -0.4 is 0 Å². The summed E-state index contributed by atoms with van der Waals surface area (Å²) in [6.07, 6.45) is 29.9. The maximum Gasteiger partial charge on any atom is 0.341 e. The van der Waals surface area contributed by atoms with Gasteiger partial charge in [-0.05, 0) is 127 Å². The number of benzene rings is 2. The number of rotatable bonds is 1. The highest BCUT2D eigenvalue weighted by molar-refractivity contribution is 14.2. The predicted octanol–water partition coefficient (Wildman–Crippen LogP) is 13.1. The van der Waals surface area contributed by atoms with Crippen molar-refractivity contribution in [3.8, 4) is 11.1 Å². The fourth-order valence-corrected chi connectivity index (χ4v) is 14.2. The highest BCUT2D eigenvalue weighted by atomic mass is 127. The average molecular weight is 735 g/mol. The molecule has 5 saturated carbocycles. The summed E-state index contributed by atoms with van der Waals surface area (Å²) in [4.78, 5) is 0. The van der Waals surface area contributed by atoms with Crippen LogP contribution in [0.25, 0.3) is 11.1 Å². The minimum atomic E-state index is -3.68. The van der Waals surface area contributed by atoms with Crippen LogP contribution in [0.15, 0.2) is 42.5 Å². The summed E-state index contributed by atoms with van der Waals surface area (Å²) in [5.41, 5.74) is 4.90. The zero-order chi connectivity index (χ0) is 31.0. The van der Waals surface area contributed by atoms with E-state index in [0.29, 0.717) is 15.4 Å². The molecule has 2 aromatic rings. The Morgan fingerprint density at radius 1 is 0.478 bits per heavy atom. The highest BCUT2D eigenvalue weighted by Gasteiger charge is 2.44. The lowest BCUT2D eigenvalue weighted by Crippen LogP contribution is -2.30. The minimum absolute atomic E-state index is 0.530. The lowest BCUT2D eigenvalue weighted by Gasteiger charge is -2.40. The van der Waals surface area contributed by atoms with Crippen LogP contribution in [0.3, 0.4) is 0 Å². The molecular weight excluding hydrogens is 675 g/mol. The Hall–Kier alpha value is -1.23. The minimum Gasteiger partial charge on any atom is -0.230 e. The van der Waals surface area contributed by atoms with Crippen molar-refractivity contribution in [2.75, 3.05) is 0 Å². The third kappa shape index (κ3) is 6.67. The quantitative estimate of drug-likeness (QED) is 0.273. The van der Waals surface area contributed by atoms with E-state index in [9.17, 15) is 6.14 Å². The summed E-state index contributed by atoms with van der Waals surface area (Å²) in [6, 6.07) is 16.1. The Balaban J connectivity index is 1.32. The van der Waals surface area contributed by atoms with Gasteiger partial charge in [-0.15, -0.1) is 0 Å². The lowest BCUT2D eigenvalue weighted by molar-refractivity contribution is 0.112. The first-order valence-corrected chi connectivity index (χ1v) is 22.7. The molecule has 0 spiro atoms. The molecule has 250 valence electrons. The lowest BCUT2D eigenvalue weighted by atomic mass is 9.65. The Kier molecular flexibility index (Phi) is 9.96. The molecule has 0 saturated heterocycles. The number of hydrogen-bond acceptors (Lipinski definition) is 2. The molecule has 0 radical (unpaired) electrons. The summed E-state index contributed by atoms with van der Waals surface area (Å²) in [5.74, 6) is 8.09. The van der Waals surface area contributed by atoms with Gasteiger partial charge in [0.25, 0.3) is 0 Å². The molecule has 0 N–H and O–H groups in total. The Bertz CT molecular complexity index is 1400. The van der Waals surface area contributed by atoms with Crippen LogP contribution in [0.4, 0.5) is 0 Å². The van der Waals surface area contributed by atoms with E-state index >= 15 is 0 Å². The van der Waals surface area contributed by atoms with Gasteiger partial charge >= 0.3 is 19.8 Å². The molecule has 10 atom stereocenters. The van der Waals surface area contributed by atoms with Crippen molar-refractivity contribution in [3.63, 3.8) is 0 Å². The average Bonchev–Trinajstić information content (AvgIpc) is 3.43. The molecule has 14 bridgehead atoms. The fraction of sp³-hybridized carbons (Fsp3) is 0.721. The van der Waals surface area contributed by atoms with Crippen molar-refractivity contribution in [3.05, 3.63) is 57.2 Å². The molecule has 2 nitrogen and oxygen atoms in total. The van der Waals surface area contributed by atoms with E-state index in [-0.39, 0.29) is 0 Å². The molecular formula is C43H59IO2. The van der Waals surface area contributed by atoms with Crippen LogP contribution >= 0.6 is 19.8 Å². The van der Waals surface area contributed by atoms with Crippen molar-refractivity contribution in [2.45, 2.75) is 147 Å². The largest absolute Gasteiger partial charge is 0.341 e. The summed E-state index contributed by atoms with van der Waals surface area (Å²) < 4.78 is 26.6. The van der Waals surface area contributed by atoms with Crippen molar-refractivity contribution in [2.24, 2.45) is 47.3 Å². The highest BCUT2D eigenvalue weighted by Crippen LogP contribution is 2.56. The van der Waals surface area contributed by atoms with E-state index in [1.54, 1.807) is 0 Å². The maximum atomic E-state index is 13.0. The number of hydrogen-bond donors (Lipinski definition) is 0. The van der Waals surface area contributed by atoms with Crippen LogP contribution in [0.1, 0.15) is 158 Å². The van der Waals surface area contributed by atoms with Crippen molar-refractivity contribution in [1.29, 1.82) is 0 Å². The van der Waals surface area contributed by atoms with Crippen LogP contribution in [0, 0.1) is 50.9 Å². The first kappa shape index (κ1) is 32.0. The SMILES string of the molecule is O=I(=O)c1cc2ccc1-c1ccc(cc1)C1CCCC3CCCCC4CCC5C2CC2CCCC(C4)C(C3)C(CCCCCC25)C1. The maximum absolute atomic E-state index is 13.0. The van der Waals surface area contributed by atoms with Gasteiger partial charge in [-0.25, -0.2) is 6.14 Å². The van der Waals surface area contributed by atoms with E-state index in [0.717, 1.165) is 58.5 Å². The van der Waals surface area contributed by atoms with Crippen molar-refractivity contribution in [1.82, 2.24) is 0 Å². The van der Waals surface area contributed by atoms with E-state index in [2.05, 4.69) is 42.5 Å². The van der Waals surface area contributed by atoms with Gasteiger partial charge in [0.2, 0.25) is 0 Å². The molecule has 0 aliphatic heterocycles. The monoisotopic (exact) mass is 734 g/mol. The second-order valence-electron chi connectivity index (χ2n) is 17.2. The molecule has 13 aliphatic carbocycles. The number of fused-ring (bicyclic) bond motifs is 1. The molecule has 2 aromatic carbocycles. The first-order valence-electron chi connectivity index (χ1n) is 19.9. The molecule has 0 heterocycles. The van der Waals surface area contributed by atoms with Gasteiger partial charge in [0.05, 0.1) is 3.57 Å². The van der Waals surface area contributed by atoms with Gasteiger partial charge in [0.1, 0.15) is 0 Å². The Morgan fingerprint density at radius 2 is 1.13 bits per heavy atom. The topological polar surface area (TPSA) is 34.1 Å². The molecule has 13 aliphatic rings. The van der Waals surface area contributed by atoms with E-state index < -0.39 is 19.8 Å². The van der Waals surface area contributed by atoms with Crippen molar-refractivity contribution < 1.29 is 6.14 Å². The smallest absolute Gasteiger partial charge is 0.230 e. The molecule has 0 aromatic heterocycles. The van der Waals surface area contributed by atoms with Gasteiger partial charge in [-0.2, -0.15) is 0 Å². The zero-order valence-electron chi connectivity index (χ0n) is 28.4. The molecule has 5 fully saturated rings.